The zero-order valence-corrected chi connectivity index (χ0v) is 15.5. The summed E-state index contributed by atoms with van der Waals surface area (Å²) in [6.45, 7) is 3.87. The van der Waals surface area contributed by atoms with Gasteiger partial charge in [-0.25, -0.2) is 13.2 Å². The third kappa shape index (κ3) is 4.43. The molecule has 0 radical (unpaired) electrons. The quantitative estimate of drug-likeness (QED) is 0.815. The SMILES string of the molecule is CCOC(=O)Nc1cc(S(=O)(=O)N(CC)c2ccccc2)ccc1Cl. The van der Waals surface area contributed by atoms with E-state index in [2.05, 4.69) is 5.32 Å². The van der Waals surface area contributed by atoms with Crippen molar-refractivity contribution in [1.29, 1.82) is 0 Å². The number of carbonyl (C=O) groups is 1. The first-order valence-electron chi connectivity index (χ1n) is 7.71. The number of benzene rings is 2. The van der Waals surface area contributed by atoms with Gasteiger partial charge in [-0.2, -0.15) is 0 Å². The lowest BCUT2D eigenvalue weighted by atomic mass is 10.3. The molecular weight excluding hydrogens is 364 g/mol. The number of anilines is 2. The monoisotopic (exact) mass is 382 g/mol. The molecule has 0 saturated carbocycles. The molecule has 0 bridgehead atoms. The van der Waals surface area contributed by atoms with Crippen LogP contribution < -0.4 is 9.62 Å². The number of sulfonamides is 1. The summed E-state index contributed by atoms with van der Waals surface area (Å²) in [6, 6.07) is 12.9. The van der Waals surface area contributed by atoms with Crippen LogP contribution >= 0.6 is 11.6 Å². The summed E-state index contributed by atoms with van der Waals surface area (Å²) in [5.74, 6) is 0. The molecule has 134 valence electrons. The Morgan fingerprint density at radius 1 is 1.16 bits per heavy atom. The zero-order chi connectivity index (χ0) is 18.4. The molecular formula is C17H19ClN2O4S. The van der Waals surface area contributed by atoms with Gasteiger partial charge in [0, 0.05) is 6.54 Å². The third-order valence-corrected chi connectivity index (χ3v) is 5.60. The number of halogens is 1. The molecule has 6 nitrogen and oxygen atoms in total. The van der Waals surface area contributed by atoms with Crippen molar-refractivity contribution < 1.29 is 17.9 Å². The number of nitrogens with one attached hydrogen (secondary N) is 1. The molecule has 0 heterocycles. The van der Waals surface area contributed by atoms with Crippen molar-refractivity contribution in [3.8, 4) is 0 Å². The van der Waals surface area contributed by atoms with Gasteiger partial charge in [0.1, 0.15) is 0 Å². The van der Waals surface area contributed by atoms with E-state index >= 15 is 0 Å². The molecule has 8 heteroatoms. The van der Waals surface area contributed by atoms with Crippen molar-refractivity contribution in [3.63, 3.8) is 0 Å². The average Bonchev–Trinajstić information content (AvgIpc) is 2.58. The highest BCUT2D eigenvalue weighted by molar-refractivity contribution is 7.92. The molecule has 0 spiro atoms. The molecule has 0 aliphatic rings. The summed E-state index contributed by atoms with van der Waals surface area (Å²) in [5, 5.41) is 2.66. The van der Waals surface area contributed by atoms with Crippen molar-refractivity contribution in [2.75, 3.05) is 22.8 Å². The molecule has 0 atom stereocenters. The minimum atomic E-state index is -3.81. The Morgan fingerprint density at radius 3 is 2.44 bits per heavy atom. The Balaban J connectivity index is 2.40. The number of para-hydroxylation sites is 1. The number of hydrogen-bond acceptors (Lipinski definition) is 4. The van der Waals surface area contributed by atoms with Gasteiger partial charge in [0.05, 0.1) is 27.9 Å². The summed E-state index contributed by atoms with van der Waals surface area (Å²) in [5.41, 5.74) is 0.727. The van der Waals surface area contributed by atoms with Crippen molar-refractivity contribution in [2.24, 2.45) is 0 Å². The molecule has 1 N–H and O–H groups in total. The van der Waals surface area contributed by atoms with Crippen LogP contribution in [-0.2, 0) is 14.8 Å². The molecule has 1 amide bonds. The van der Waals surface area contributed by atoms with Crippen LogP contribution in [0.1, 0.15) is 13.8 Å². The van der Waals surface area contributed by atoms with Gasteiger partial charge in [-0.05, 0) is 44.2 Å². The maximum Gasteiger partial charge on any atom is 0.411 e. The van der Waals surface area contributed by atoms with Crippen LogP contribution in [0.5, 0.6) is 0 Å². The second-order valence-corrected chi connectivity index (χ2v) is 7.26. The maximum atomic E-state index is 13.0. The Hall–Kier alpha value is -2.25. The first-order chi connectivity index (χ1) is 11.9. The van der Waals surface area contributed by atoms with E-state index < -0.39 is 16.1 Å². The summed E-state index contributed by atoms with van der Waals surface area (Å²) in [4.78, 5) is 11.6. The predicted octanol–water partition coefficient (Wildman–Crippen LogP) is 4.12. The Bertz CT molecular complexity index is 841. The Morgan fingerprint density at radius 2 is 1.84 bits per heavy atom. The number of amides is 1. The Kier molecular flexibility index (Phi) is 6.27. The second kappa shape index (κ2) is 8.22. The smallest absolute Gasteiger partial charge is 0.411 e. The molecule has 0 aliphatic heterocycles. The van der Waals surface area contributed by atoms with Crippen LogP contribution in [0.3, 0.4) is 0 Å². The summed E-state index contributed by atoms with van der Waals surface area (Å²) >= 11 is 6.04. The zero-order valence-electron chi connectivity index (χ0n) is 13.9. The second-order valence-electron chi connectivity index (χ2n) is 4.99. The van der Waals surface area contributed by atoms with Gasteiger partial charge in [0.15, 0.2) is 0 Å². The fourth-order valence-corrected chi connectivity index (χ4v) is 3.92. The lowest BCUT2D eigenvalue weighted by Crippen LogP contribution is -2.30. The highest BCUT2D eigenvalue weighted by atomic mass is 35.5. The van der Waals surface area contributed by atoms with Crippen molar-refractivity contribution in [1.82, 2.24) is 0 Å². The molecule has 0 unspecified atom stereocenters. The van der Waals surface area contributed by atoms with Crippen LogP contribution in [0.15, 0.2) is 53.4 Å². The standard InChI is InChI=1S/C17H19ClN2O4S/c1-3-20(13-8-6-5-7-9-13)25(22,23)14-10-11-15(18)16(12-14)19-17(21)24-4-2/h5-12H,3-4H2,1-2H3,(H,19,21). The van der Waals surface area contributed by atoms with Gasteiger partial charge in [-0.3, -0.25) is 9.62 Å². The summed E-state index contributed by atoms with van der Waals surface area (Å²) in [6.07, 6.45) is -0.700. The highest BCUT2D eigenvalue weighted by Gasteiger charge is 2.24. The van der Waals surface area contributed by atoms with Crippen LogP contribution in [0.4, 0.5) is 16.2 Å². The van der Waals surface area contributed by atoms with Gasteiger partial charge in [-0.1, -0.05) is 29.8 Å². The van der Waals surface area contributed by atoms with E-state index in [9.17, 15) is 13.2 Å². The minimum absolute atomic E-state index is 0.0226. The normalized spacial score (nSPS) is 11.0. The molecule has 0 saturated heterocycles. The Labute approximate surface area is 152 Å². The predicted molar refractivity (Wildman–Crippen MR) is 98.7 cm³/mol. The van der Waals surface area contributed by atoms with Gasteiger partial charge >= 0.3 is 6.09 Å². The van der Waals surface area contributed by atoms with Crippen LogP contribution in [0, 0.1) is 0 Å². The van der Waals surface area contributed by atoms with Crippen LogP contribution in [-0.4, -0.2) is 27.7 Å². The lowest BCUT2D eigenvalue weighted by molar-refractivity contribution is 0.168. The summed E-state index contributed by atoms with van der Waals surface area (Å²) < 4.78 is 32.0. The molecule has 2 aromatic carbocycles. The molecule has 0 aromatic heterocycles. The number of rotatable bonds is 6. The van der Waals surface area contributed by atoms with Crippen LogP contribution in [0.2, 0.25) is 5.02 Å². The number of hydrogen-bond donors (Lipinski definition) is 1. The number of nitrogens with zero attached hydrogens (tertiary/aromatic N) is 1. The minimum Gasteiger partial charge on any atom is -0.450 e. The van der Waals surface area contributed by atoms with E-state index in [4.69, 9.17) is 16.3 Å². The van der Waals surface area contributed by atoms with E-state index in [-0.39, 0.29) is 28.8 Å². The molecule has 0 aliphatic carbocycles. The molecule has 2 rings (SSSR count). The first kappa shape index (κ1) is 19.1. The fourth-order valence-electron chi connectivity index (χ4n) is 2.25. The fraction of sp³-hybridized carbons (Fsp3) is 0.235. The molecule has 0 fully saturated rings. The van der Waals surface area contributed by atoms with Crippen LogP contribution in [0.25, 0.3) is 0 Å². The van der Waals surface area contributed by atoms with E-state index in [0.717, 1.165) is 0 Å². The van der Waals surface area contributed by atoms with Crippen molar-refractivity contribution in [3.05, 3.63) is 53.6 Å². The van der Waals surface area contributed by atoms with E-state index in [1.807, 2.05) is 6.07 Å². The first-order valence-corrected chi connectivity index (χ1v) is 9.53. The summed E-state index contributed by atoms with van der Waals surface area (Å²) in [7, 11) is -3.81. The van der Waals surface area contributed by atoms with Gasteiger partial charge in [0.25, 0.3) is 10.0 Å². The van der Waals surface area contributed by atoms with Crippen molar-refractivity contribution >= 4 is 39.1 Å². The van der Waals surface area contributed by atoms with Gasteiger partial charge in [-0.15, -0.1) is 0 Å². The van der Waals surface area contributed by atoms with E-state index in [1.54, 1.807) is 38.1 Å². The lowest BCUT2D eigenvalue weighted by Gasteiger charge is -2.23. The largest absolute Gasteiger partial charge is 0.450 e. The molecule has 25 heavy (non-hydrogen) atoms. The number of ether oxygens (including phenoxy) is 1. The van der Waals surface area contributed by atoms with Crippen molar-refractivity contribution in [2.45, 2.75) is 18.7 Å². The molecule has 2 aromatic rings. The van der Waals surface area contributed by atoms with E-state index in [0.29, 0.717) is 5.69 Å². The van der Waals surface area contributed by atoms with Gasteiger partial charge < -0.3 is 4.74 Å². The maximum absolute atomic E-state index is 13.0. The van der Waals surface area contributed by atoms with E-state index in [1.165, 1.54) is 22.5 Å². The highest BCUT2D eigenvalue weighted by Crippen LogP contribution is 2.29. The third-order valence-electron chi connectivity index (χ3n) is 3.37. The topological polar surface area (TPSA) is 75.7 Å². The average molecular weight is 383 g/mol. The number of carbonyl (C=O) groups excluding carboxylic acids is 1. The van der Waals surface area contributed by atoms with Gasteiger partial charge in [0.2, 0.25) is 0 Å².